The molecule has 1 aromatic heterocycles. The first-order valence-corrected chi connectivity index (χ1v) is 6.57. The van der Waals surface area contributed by atoms with Gasteiger partial charge in [0.15, 0.2) is 0 Å². The van der Waals surface area contributed by atoms with Crippen LogP contribution < -0.4 is 5.32 Å². The Bertz CT molecular complexity index is 647. The SMILES string of the molecule is Cc1c(-c2nc(CNC3CC3)co2)cccc1[N+](=O)[O-]. The van der Waals surface area contributed by atoms with E-state index >= 15 is 0 Å². The zero-order valence-corrected chi connectivity index (χ0v) is 11.1. The lowest BCUT2D eigenvalue weighted by atomic mass is 10.1. The van der Waals surface area contributed by atoms with Gasteiger partial charge in [-0.05, 0) is 25.8 Å². The molecule has 0 atom stereocenters. The van der Waals surface area contributed by atoms with Crippen LogP contribution in [-0.4, -0.2) is 15.9 Å². The first kappa shape index (κ1) is 12.8. The second kappa shape index (κ2) is 5.05. The number of nitro groups is 1. The predicted molar refractivity (Wildman–Crippen MR) is 73.2 cm³/mol. The Hall–Kier alpha value is -2.21. The molecule has 1 fully saturated rings. The number of hydrogen-bond donors (Lipinski definition) is 1. The molecule has 0 spiro atoms. The largest absolute Gasteiger partial charge is 0.444 e. The Balaban J connectivity index is 1.84. The first-order valence-electron chi connectivity index (χ1n) is 6.57. The molecule has 0 unspecified atom stereocenters. The highest BCUT2D eigenvalue weighted by Gasteiger charge is 2.21. The molecule has 20 heavy (non-hydrogen) atoms. The molecule has 3 rings (SSSR count). The second-order valence-electron chi connectivity index (χ2n) is 5.01. The topological polar surface area (TPSA) is 81.2 Å². The summed E-state index contributed by atoms with van der Waals surface area (Å²) in [7, 11) is 0. The molecule has 1 aromatic carbocycles. The molecule has 0 bridgehead atoms. The molecule has 1 saturated carbocycles. The van der Waals surface area contributed by atoms with Crippen LogP contribution in [0.1, 0.15) is 24.1 Å². The van der Waals surface area contributed by atoms with E-state index in [9.17, 15) is 10.1 Å². The number of nitrogens with one attached hydrogen (secondary N) is 1. The summed E-state index contributed by atoms with van der Waals surface area (Å²) in [6.07, 6.45) is 4.03. The van der Waals surface area contributed by atoms with Crippen molar-refractivity contribution in [1.29, 1.82) is 0 Å². The molecule has 1 aliphatic rings. The minimum atomic E-state index is -0.392. The number of benzene rings is 1. The van der Waals surface area contributed by atoms with Gasteiger partial charge in [0.2, 0.25) is 5.89 Å². The molecular weight excluding hydrogens is 258 g/mol. The van der Waals surface area contributed by atoms with Gasteiger partial charge >= 0.3 is 0 Å². The van der Waals surface area contributed by atoms with Crippen molar-refractivity contribution >= 4 is 5.69 Å². The lowest BCUT2D eigenvalue weighted by molar-refractivity contribution is -0.385. The highest BCUT2D eigenvalue weighted by atomic mass is 16.6. The van der Waals surface area contributed by atoms with Gasteiger partial charge in [0.1, 0.15) is 6.26 Å². The fraction of sp³-hybridized carbons (Fsp3) is 0.357. The average Bonchev–Trinajstić information content (AvgIpc) is 3.14. The third-order valence-corrected chi connectivity index (χ3v) is 3.43. The van der Waals surface area contributed by atoms with Gasteiger partial charge in [0.25, 0.3) is 5.69 Å². The average molecular weight is 273 g/mol. The lowest BCUT2D eigenvalue weighted by Gasteiger charge is -2.02. The van der Waals surface area contributed by atoms with Gasteiger partial charge < -0.3 is 9.73 Å². The monoisotopic (exact) mass is 273 g/mol. The maximum atomic E-state index is 10.9. The van der Waals surface area contributed by atoms with Gasteiger partial charge in [0.05, 0.1) is 10.6 Å². The second-order valence-corrected chi connectivity index (χ2v) is 5.01. The van der Waals surface area contributed by atoms with E-state index in [0.29, 0.717) is 29.6 Å². The summed E-state index contributed by atoms with van der Waals surface area (Å²) in [4.78, 5) is 14.9. The third kappa shape index (κ3) is 2.55. The standard InChI is InChI=1S/C14H15N3O3/c1-9-12(3-2-4-13(9)17(18)19)14-16-11(8-20-14)7-15-10-5-6-10/h2-4,8,10,15H,5-7H2,1H3. The summed E-state index contributed by atoms with van der Waals surface area (Å²) in [5.41, 5.74) is 2.13. The number of nitro benzene ring substituents is 1. The van der Waals surface area contributed by atoms with Crippen molar-refractivity contribution in [3.8, 4) is 11.5 Å². The van der Waals surface area contributed by atoms with Crippen LogP contribution in [0.5, 0.6) is 0 Å². The highest BCUT2D eigenvalue weighted by molar-refractivity contribution is 5.64. The van der Waals surface area contributed by atoms with Crippen LogP contribution in [0.4, 0.5) is 5.69 Å². The molecule has 0 radical (unpaired) electrons. The molecule has 104 valence electrons. The Morgan fingerprint density at radius 3 is 3.00 bits per heavy atom. The molecule has 6 nitrogen and oxygen atoms in total. The smallest absolute Gasteiger partial charge is 0.273 e. The third-order valence-electron chi connectivity index (χ3n) is 3.43. The maximum absolute atomic E-state index is 10.9. The summed E-state index contributed by atoms with van der Waals surface area (Å²) in [6, 6.07) is 5.52. The lowest BCUT2D eigenvalue weighted by Crippen LogP contribution is -2.15. The van der Waals surface area contributed by atoms with Crippen molar-refractivity contribution in [2.24, 2.45) is 0 Å². The number of hydrogen-bond acceptors (Lipinski definition) is 5. The van der Waals surface area contributed by atoms with E-state index in [0.717, 1.165) is 5.69 Å². The van der Waals surface area contributed by atoms with Crippen molar-refractivity contribution in [3.63, 3.8) is 0 Å². The van der Waals surface area contributed by atoms with Crippen LogP contribution in [0.2, 0.25) is 0 Å². The predicted octanol–water partition coefficient (Wildman–Crippen LogP) is 2.81. The maximum Gasteiger partial charge on any atom is 0.273 e. The van der Waals surface area contributed by atoms with Crippen LogP contribution in [0.15, 0.2) is 28.9 Å². The highest BCUT2D eigenvalue weighted by Crippen LogP contribution is 2.29. The van der Waals surface area contributed by atoms with E-state index in [1.54, 1.807) is 25.3 Å². The Labute approximate surface area is 116 Å². The number of oxazole rings is 1. The molecule has 0 aliphatic heterocycles. The molecule has 6 heteroatoms. The number of aromatic nitrogens is 1. The van der Waals surface area contributed by atoms with Gasteiger partial charge in [-0.1, -0.05) is 6.07 Å². The normalized spacial score (nSPS) is 14.4. The van der Waals surface area contributed by atoms with Gasteiger partial charge in [-0.2, -0.15) is 0 Å². The minimum Gasteiger partial charge on any atom is -0.444 e. The summed E-state index contributed by atoms with van der Waals surface area (Å²) >= 11 is 0. The van der Waals surface area contributed by atoms with Crippen molar-refractivity contribution in [1.82, 2.24) is 10.3 Å². The first-order chi connectivity index (χ1) is 9.65. The van der Waals surface area contributed by atoms with E-state index in [1.807, 2.05) is 0 Å². The van der Waals surface area contributed by atoms with E-state index in [2.05, 4.69) is 10.3 Å². The van der Waals surface area contributed by atoms with Crippen molar-refractivity contribution < 1.29 is 9.34 Å². The van der Waals surface area contributed by atoms with E-state index in [-0.39, 0.29) is 5.69 Å². The van der Waals surface area contributed by atoms with Crippen LogP contribution in [0.25, 0.3) is 11.5 Å². The summed E-state index contributed by atoms with van der Waals surface area (Å²) in [5.74, 6) is 0.429. The van der Waals surface area contributed by atoms with Gasteiger partial charge in [-0.3, -0.25) is 10.1 Å². The van der Waals surface area contributed by atoms with E-state index < -0.39 is 4.92 Å². The van der Waals surface area contributed by atoms with E-state index in [1.165, 1.54) is 18.9 Å². The number of rotatable bonds is 5. The fourth-order valence-corrected chi connectivity index (χ4v) is 2.10. The summed E-state index contributed by atoms with van der Waals surface area (Å²) in [5, 5.41) is 14.3. The van der Waals surface area contributed by atoms with Crippen LogP contribution in [0.3, 0.4) is 0 Å². The van der Waals surface area contributed by atoms with Gasteiger partial charge in [0, 0.05) is 29.8 Å². The Kier molecular flexibility index (Phi) is 3.23. The van der Waals surface area contributed by atoms with Crippen LogP contribution >= 0.6 is 0 Å². The van der Waals surface area contributed by atoms with Crippen molar-refractivity contribution in [2.75, 3.05) is 0 Å². The summed E-state index contributed by atoms with van der Waals surface area (Å²) < 4.78 is 5.45. The van der Waals surface area contributed by atoms with Crippen LogP contribution in [0, 0.1) is 17.0 Å². The van der Waals surface area contributed by atoms with Crippen molar-refractivity contribution in [2.45, 2.75) is 32.4 Å². The van der Waals surface area contributed by atoms with Gasteiger partial charge in [-0.15, -0.1) is 0 Å². The van der Waals surface area contributed by atoms with Crippen LogP contribution in [-0.2, 0) is 6.54 Å². The summed E-state index contributed by atoms with van der Waals surface area (Å²) in [6.45, 7) is 2.38. The zero-order valence-electron chi connectivity index (χ0n) is 11.1. The molecule has 1 heterocycles. The fourth-order valence-electron chi connectivity index (χ4n) is 2.10. The minimum absolute atomic E-state index is 0.0818. The molecule has 0 amide bonds. The molecule has 1 aliphatic carbocycles. The molecular formula is C14H15N3O3. The van der Waals surface area contributed by atoms with Gasteiger partial charge in [-0.25, -0.2) is 4.98 Å². The molecule has 0 saturated heterocycles. The van der Waals surface area contributed by atoms with E-state index in [4.69, 9.17) is 4.42 Å². The zero-order chi connectivity index (χ0) is 14.1. The Morgan fingerprint density at radius 1 is 1.50 bits per heavy atom. The quantitative estimate of drug-likeness (QED) is 0.669. The molecule has 1 N–H and O–H groups in total. The van der Waals surface area contributed by atoms with Crippen molar-refractivity contribution in [3.05, 3.63) is 45.8 Å². The Morgan fingerprint density at radius 2 is 2.30 bits per heavy atom. The molecule has 2 aromatic rings. The number of nitrogens with zero attached hydrogens (tertiary/aromatic N) is 2.